The van der Waals surface area contributed by atoms with Crippen molar-refractivity contribution in [1.82, 2.24) is 24.9 Å². The number of hydrazine groups is 1. The molecule has 0 fully saturated rings. The lowest BCUT2D eigenvalue weighted by Crippen LogP contribution is -2.31. The van der Waals surface area contributed by atoms with Crippen LogP contribution in [0.3, 0.4) is 0 Å². The van der Waals surface area contributed by atoms with Crippen LogP contribution in [0, 0.1) is 0 Å². The maximum absolute atomic E-state index is 5.46. The third kappa shape index (κ3) is 1.40. The Labute approximate surface area is 81.1 Å². The maximum Gasteiger partial charge on any atom is 0.137 e. The van der Waals surface area contributed by atoms with Gasteiger partial charge in [-0.05, 0) is 0 Å². The molecule has 74 valence electrons. The molecule has 0 saturated carbocycles. The van der Waals surface area contributed by atoms with Gasteiger partial charge in [0.05, 0.1) is 0 Å². The zero-order chi connectivity index (χ0) is 9.97. The molecule has 0 amide bonds. The second-order valence-corrected chi connectivity index (χ2v) is 2.97. The number of nitrogens with two attached hydrogens (primary N) is 1. The quantitative estimate of drug-likeness (QED) is 0.460. The molecule has 0 spiro atoms. The molecule has 2 heterocycles. The van der Waals surface area contributed by atoms with Crippen LogP contribution >= 0.6 is 0 Å². The van der Waals surface area contributed by atoms with Crippen molar-refractivity contribution >= 4 is 0 Å². The van der Waals surface area contributed by atoms with Gasteiger partial charge in [-0.3, -0.25) is 5.84 Å². The summed E-state index contributed by atoms with van der Waals surface area (Å²) in [5.74, 6) is 7.03. The number of nitrogens with one attached hydrogen (secondary N) is 2. The standard InChI is InChI=1S/C8H12N6/c1-14-5-4-12-8(14)6(13-9)7-10-2-3-11-7/h2-6,13H,9H2,1H3,(H,10,11). The van der Waals surface area contributed by atoms with Gasteiger partial charge in [-0.1, -0.05) is 0 Å². The summed E-state index contributed by atoms with van der Waals surface area (Å²) >= 11 is 0. The molecule has 14 heavy (non-hydrogen) atoms. The number of aryl methyl sites for hydroxylation is 1. The van der Waals surface area contributed by atoms with Gasteiger partial charge in [0.1, 0.15) is 17.7 Å². The Balaban J connectivity index is 2.36. The van der Waals surface area contributed by atoms with Crippen LogP contribution in [-0.4, -0.2) is 19.5 Å². The zero-order valence-electron chi connectivity index (χ0n) is 7.81. The van der Waals surface area contributed by atoms with Gasteiger partial charge < -0.3 is 9.55 Å². The molecule has 0 bridgehead atoms. The monoisotopic (exact) mass is 192 g/mol. The van der Waals surface area contributed by atoms with E-state index in [2.05, 4.69) is 20.4 Å². The maximum atomic E-state index is 5.46. The van der Waals surface area contributed by atoms with Gasteiger partial charge >= 0.3 is 0 Å². The molecular formula is C8H12N6. The first-order valence-corrected chi connectivity index (χ1v) is 4.25. The van der Waals surface area contributed by atoms with E-state index in [1.54, 1.807) is 18.6 Å². The third-order valence-corrected chi connectivity index (χ3v) is 2.08. The van der Waals surface area contributed by atoms with Crippen molar-refractivity contribution in [3.63, 3.8) is 0 Å². The Kier molecular flexibility index (Phi) is 2.30. The molecule has 0 aliphatic carbocycles. The van der Waals surface area contributed by atoms with Gasteiger partial charge in [-0.2, -0.15) is 0 Å². The van der Waals surface area contributed by atoms with E-state index in [1.165, 1.54) is 0 Å². The summed E-state index contributed by atoms with van der Waals surface area (Å²) in [5, 5.41) is 0. The van der Waals surface area contributed by atoms with Crippen molar-refractivity contribution in [3.8, 4) is 0 Å². The number of H-pyrrole nitrogens is 1. The molecule has 0 saturated heterocycles. The van der Waals surface area contributed by atoms with Gasteiger partial charge in [-0.15, -0.1) is 0 Å². The number of aromatic nitrogens is 4. The van der Waals surface area contributed by atoms with E-state index in [9.17, 15) is 0 Å². The lowest BCUT2D eigenvalue weighted by molar-refractivity contribution is 0.557. The van der Waals surface area contributed by atoms with Crippen LogP contribution in [0.25, 0.3) is 0 Å². The van der Waals surface area contributed by atoms with Gasteiger partial charge in [-0.25, -0.2) is 15.4 Å². The minimum absolute atomic E-state index is 0.204. The SMILES string of the molecule is Cn1ccnc1C(NN)c1ncc[nH]1. The number of nitrogens with zero attached hydrogens (tertiary/aromatic N) is 3. The lowest BCUT2D eigenvalue weighted by Gasteiger charge is -2.12. The van der Waals surface area contributed by atoms with Crippen LogP contribution in [0.1, 0.15) is 17.7 Å². The van der Waals surface area contributed by atoms with E-state index >= 15 is 0 Å². The average Bonchev–Trinajstić information content (AvgIpc) is 2.80. The van der Waals surface area contributed by atoms with Crippen molar-refractivity contribution in [2.75, 3.05) is 0 Å². The van der Waals surface area contributed by atoms with E-state index in [0.29, 0.717) is 0 Å². The number of imidazole rings is 2. The summed E-state index contributed by atoms with van der Waals surface area (Å²) in [4.78, 5) is 11.3. The predicted octanol–water partition coefficient (Wildman–Crippen LogP) is -0.304. The van der Waals surface area contributed by atoms with Crippen LogP contribution in [-0.2, 0) is 7.05 Å². The highest BCUT2D eigenvalue weighted by atomic mass is 15.3. The minimum Gasteiger partial charge on any atom is -0.347 e. The summed E-state index contributed by atoms with van der Waals surface area (Å²) < 4.78 is 1.90. The Hall–Kier alpha value is -1.66. The zero-order valence-corrected chi connectivity index (χ0v) is 7.81. The van der Waals surface area contributed by atoms with Gasteiger partial charge in [0, 0.05) is 31.8 Å². The molecule has 1 unspecified atom stereocenters. The first kappa shape index (κ1) is 8.92. The summed E-state index contributed by atoms with van der Waals surface area (Å²) in [6, 6.07) is -0.204. The van der Waals surface area contributed by atoms with Gasteiger partial charge in [0.25, 0.3) is 0 Å². The van der Waals surface area contributed by atoms with Crippen molar-refractivity contribution in [2.24, 2.45) is 12.9 Å². The molecule has 2 aromatic heterocycles. The van der Waals surface area contributed by atoms with Gasteiger partial charge in [0.2, 0.25) is 0 Å². The Morgan fingerprint density at radius 1 is 1.50 bits per heavy atom. The molecule has 0 aromatic carbocycles. The first-order valence-electron chi connectivity index (χ1n) is 4.25. The highest BCUT2D eigenvalue weighted by Crippen LogP contribution is 2.14. The molecule has 6 nitrogen and oxygen atoms in total. The molecule has 1 atom stereocenters. The van der Waals surface area contributed by atoms with E-state index in [4.69, 9.17) is 5.84 Å². The van der Waals surface area contributed by atoms with Crippen molar-refractivity contribution in [2.45, 2.75) is 6.04 Å². The van der Waals surface area contributed by atoms with E-state index in [-0.39, 0.29) is 6.04 Å². The Morgan fingerprint density at radius 2 is 2.36 bits per heavy atom. The van der Waals surface area contributed by atoms with Crippen LogP contribution in [0.2, 0.25) is 0 Å². The van der Waals surface area contributed by atoms with Crippen LogP contribution in [0.15, 0.2) is 24.8 Å². The van der Waals surface area contributed by atoms with Crippen LogP contribution < -0.4 is 11.3 Å². The Bertz CT molecular complexity index is 390. The molecule has 2 rings (SSSR count). The minimum atomic E-state index is -0.204. The van der Waals surface area contributed by atoms with Crippen molar-refractivity contribution in [1.29, 1.82) is 0 Å². The normalized spacial score (nSPS) is 13.0. The van der Waals surface area contributed by atoms with E-state index in [1.807, 2.05) is 17.8 Å². The first-order chi connectivity index (χ1) is 6.83. The second kappa shape index (κ2) is 3.60. The fourth-order valence-corrected chi connectivity index (χ4v) is 1.37. The predicted molar refractivity (Wildman–Crippen MR) is 51.0 cm³/mol. The van der Waals surface area contributed by atoms with Crippen molar-refractivity contribution in [3.05, 3.63) is 36.4 Å². The molecule has 0 aliphatic rings. The van der Waals surface area contributed by atoms with Crippen LogP contribution in [0.4, 0.5) is 0 Å². The second-order valence-electron chi connectivity index (χ2n) is 2.97. The highest BCUT2D eigenvalue weighted by Gasteiger charge is 2.18. The average molecular weight is 192 g/mol. The molecule has 0 radical (unpaired) electrons. The third-order valence-electron chi connectivity index (χ3n) is 2.08. The van der Waals surface area contributed by atoms with E-state index in [0.717, 1.165) is 11.6 Å². The highest BCUT2D eigenvalue weighted by molar-refractivity contribution is 5.10. The fourth-order valence-electron chi connectivity index (χ4n) is 1.37. The largest absolute Gasteiger partial charge is 0.347 e. The summed E-state index contributed by atoms with van der Waals surface area (Å²) in [7, 11) is 1.91. The van der Waals surface area contributed by atoms with E-state index < -0.39 is 0 Å². The molecule has 6 heteroatoms. The molecule has 0 aliphatic heterocycles. The smallest absolute Gasteiger partial charge is 0.137 e. The number of hydrogen-bond donors (Lipinski definition) is 3. The number of rotatable bonds is 3. The summed E-state index contributed by atoms with van der Waals surface area (Å²) in [6.45, 7) is 0. The molecular weight excluding hydrogens is 180 g/mol. The Morgan fingerprint density at radius 3 is 2.86 bits per heavy atom. The van der Waals surface area contributed by atoms with Crippen LogP contribution in [0.5, 0.6) is 0 Å². The lowest BCUT2D eigenvalue weighted by atomic mass is 10.3. The van der Waals surface area contributed by atoms with Crippen molar-refractivity contribution < 1.29 is 0 Å². The number of aromatic amines is 1. The molecule has 4 N–H and O–H groups in total. The molecule has 2 aromatic rings. The topological polar surface area (TPSA) is 84.6 Å². The fraction of sp³-hybridized carbons (Fsp3) is 0.250. The van der Waals surface area contributed by atoms with Gasteiger partial charge in [0.15, 0.2) is 0 Å². The summed E-state index contributed by atoms with van der Waals surface area (Å²) in [5.41, 5.74) is 2.67. The number of hydrogen-bond acceptors (Lipinski definition) is 4. The summed E-state index contributed by atoms with van der Waals surface area (Å²) in [6.07, 6.45) is 7.02.